The number of pyridine rings is 1. The maximum absolute atomic E-state index is 12.2. The van der Waals surface area contributed by atoms with E-state index in [2.05, 4.69) is 16.5 Å². The molecule has 106 valence electrons. The number of ketones is 1. The Morgan fingerprint density at radius 1 is 1.35 bits per heavy atom. The van der Waals surface area contributed by atoms with Crippen LogP contribution in [-0.2, 0) is 6.54 Å². The van der Waals surface area contributed by atoms with Gasteiger partial charge in [0.25, 0.3) is 0 Å². The van der Waals surface area contributed by atoms with E-state index in [-0.39, 0.29) is 12.4 Å². The Kier molecular flexibility index (Phi) is 4.45. The Labute approximate surface area is 123 Å². The molecule has 2 heterocycles. The molecular formula is C15H17ClN2O2. The van der Waals surface area contributed by atoms with E-state index in [1.165, 1.54) is 12.4 Å². The second kappa shape index (κ2) is 6.09. The molecule has 0 amide bonds. The fourth-order valence-corrected chi connectivity index (χ4v) is 2.43. The first-order valence-electron chi connectivity index (χ1n) is 6.46. The van der Waals surface area contributed by atoms with E-state index >= 15 is 0 Å². The normalized spacial score (nSPS) is 10.6. The van der Waals surface area contributed by atoms with Crippen molar-refractivity contribution in [1.82, 2.24) is 9.55 Å². The van der Waals surface area contributed by atoms with Gasteiger partial charge < -0.3 is 9.30 Å². The van der Waals surface area contributed by atoms with Crippen LogP contribution in [0.25, 0.3) is 0 Å². The van der Waals surface area contributed by atoms with Crippen LogP contribution in [0.3, 0.4) is 0 Å². The number of carbonyl (C=O) groups excluding carboxylic acids is 1. The van der Waals surface area contributed by atoms with Crippen molar-refractivity contribution in [1.29, 1.82) is 0 Å². The van der Waals surface area contributed by atoms with E-state index < -0.39 is 0 Å². The zero-order valence-electron chi connectivity index (χ0n) is 11.8. The lowest BCUT2D eigenvalue weighted by Crippen LogP contribution is -2.13. The average Bonchev–Trinajstić information content (AvgIpc) is 2.71. The highest BCUT2D eigenvalue weighted by molar-refractivity contribution is 6.30. The topological polar surface area (TPSA) is 44.1 Å². The maximum Gasteiger partial charge on any atom is 0.202 e. The first-order valence-corrected chi connectivity index (χ1v) is 6.84. The van der Waals surface area contributed by atoms with Gasteiger partial charge in [-0.2, -0.15) is 0 Å². The van der Waals surface area contributed by atoms with Crippen molar-refractivity contribution >= 4 is 17.4 Å². The molecule has 20 heavy (non-hydrogen) atoms. The molecular weight excluding hydrogens is 276 g/mol. The summed E-state index contributed by atoms with van der Waals surface area (Å²) < 4.78 is 7.54. The Morgan fingerprint density at radius 2 is 2.10 bits per heavy atom. The molecule has 0 spiro atoms. The van der Waals surface area contributed by atoms with Crippen LogP contribution in [0.2, 0.25) is 5.02 Å². The van der Waals surface area contributed by atoms with Gasteiger partial charge in [0, 0.05) is 35.8 Å². The molecule has 2 aromatic rings. The molecule has 4 nitrogen and oxygen atoms in total. The van der Waals surface area contributed by atoms with E-state index in [0.29, 0.717) is 16.3 Å². The molecule has 5 heteroatoms. The number of nitrogens with zero attached hydrogens (tertiary/aromatic N) is 2. The predicted octanol–water partition coefficient (Wildman–Crippen LogP) is 3.43. The number of rotatable bonds is 5. The van der Waals surface area contributed by atoms with Crippen LogP contribution in [0.4, 0.5) is 0 Å². The zero-order valence-corrected chi connectivity index (χ0v) is 12.6. The fraction of sp³-hybridized carbons (Fsp3) is 0.333. The molecule has 0 aliphatic carbocycles. The predicted molar refractivity (Wildman–Crippen MR) is 78.7 cm³/mol. The number of aryl methyl sites for hydroxylation is 1. The monoisotopic (exact) mass is 292 g/mol. The quantitative estimate of drug-likeness (QED) is 0.793. The third kappa shape index (κ3) is 3.02. The minimum absolute atomic E-state index is 0.0178. The second-order valence-electron chi connectivity index (χ2n) is 4.58. The summed E-state index contributed by atoms with van der Waals surface area (Å²) in [4.78, 5) is 16.1. The van der Waals surface area contributed by atoms with Gasteiger partial charge in [-0.05, 0) is 26.8 Å². The SMILES string of the molecule is CCn1c(C)cc(C(=O)COc2cncc(Cl)c2)c1C. The highest BCUT2D eigenvalue weighted by atomic mass is 35.5. The largest absolute Gasteiger partial charge is 0.484 e. The Morgan fingerprint density at radius 3 is 2.70 bits per heavy atom. The minimum Gasteiger partial charge on any atom is -0.484 e. The van der Waals surface area contributed by atoms with Crippen molar-refractivity contribution in [2.75, 3.05) is 6.61 Å². The number of aromatic nitrogens is 2. The van der Waals surface area contributed by atoms with Crippen LogP contribution in [0, 0.1) is 13.8 Å². The number of hydrogen-bond donors (Lipinski definition) is 0. The van der Waals surface area contributed by atoms with Gasteiger partial charge in [0.1, 0.15) is 5.75 Å². The van der Waals surface area contributed by atoms with Crippen molar-refractivity contribution in [3.05, 3.63) is 46.5 Å². The van der Waals surface area contributed by atoms with Crippen molar-refractivity contribution in [3.63, 3.8) is 0 Å². The molecule has 0 unspecified atom stereocenters. The van der Waals surface area contributed by atoms with Gasteiger partial charge in [0.15, 0.2) is 6.61 Å². The summed E-state index contributed by atoms with van der Waals surface area (Å²) in [6.07, 6.45) is 3.06. The van der Waals surface area contributed by atoms with E-state index in [9.17, 15) is 4.79 Å². The van der Waals surface area contributed by atoms with Gasteiger partial charge in [-0.25, -0.2) is 0 Å². The van der Waals surface area contributed by atoms with Crippen molar-refractivity contribution in [2.24, 2.45) is 0 Å². The molecule has 2 rings (SSSR count). The van der Waals surface area contributed by atoms with Crippen molar-refractivity contribution in [3.8, 4) is 5.75 Å². The molecule has 0 aliphatic rings. The molecule has 0 saturated heterocycles. The summed E-state index contributed by atoms with van der Waals surface area (Å²) in [7, 11) is 0. The summed E-state index contributed by atoms with van der Waals surface area (Å²) in [5.74, 6) is 0.452. The van der Waals surface area contributed by atoms with Crippen LogP contribution >= 0.6 is 11.6 Å². The maximum atomic E-state index is 12.2. The third-order valence-electron chi connectivity index (χ3n) is 3.24. The van der Waals surface area contributed by atoms with E-state index in [1.54, 1.807) is 6.07 Å². The summed E-state index contributed by atoms with van der Waals surface area (Å²) in [6, 6.07) is 3.54. The van der Waals surface area contributed by atoms with Gasteiger partial charge in [0.05, 0.1) is 11.2 Å². The van der Waals surface area contributed by atoms with Crippen LogP contribution in [0.5, 0.6) is 5.75 Å². The van der Waals surface area contributed by atoms with E-state index in [0.717, 1.165) is 17.9 Å². The molecule has 0 aromatic carbocycles. The van der Waals surface area contributed by atoms with Gasteiger partial charge in [-0.1, -0.05) is 11.6 Å². The van der Waals surface area contributed by atoms with Crippen LogP contribution in [-0.4, -0.2) is 21.9 Å². The zero-order chi connectivity index (χ0) is 14.7. The van der Waals surface area contributed by atoms with Gasteiger partial charge >= 0.3 is 0 Å². The van der Waals surface area contributed by atoms with Crippen LogP contribution in [0.1, 0.15) is 28.7 Å². The Balaban J connectivity index is 2.09. The summed E-state index contributed by atoms with van der Waals surface area (Å²) in [6.45, 7) is 6.84. The smallest absolute Gasteiger partial charge is 0.202 e. The Bertz CT molecular complexity index is 635. The van der Waals surface area contributed by atoms with Gasteiger partial charge in [0.2, 0.25) is 5.78 Å². The standard InChI is InChI=1S/C15H17ClN2O2/c1-4-18-10(2)5-14(11(18)3)15(19)9-20-13-6-12(16)7-17-8-13/h5-8H,4,9H2,1-3H3. The lowest BCUT2D eigenvalue weighted by molar-refractivity contribution is 0.0920. The third-order valence-corrected chi connectivity index (χ3v) is 3.45. The number of ether oxygens (including phenoxy) is 1. The van der Waals surface area contributed by atoms with E-state index in [1.807, 2.05) is 19.9 Å². The lowest BCUT2D eigenvalue weighted by atomic mass is 10.1. The average molecular weight is 293 g/mol. The summed E-state index contributed by atoms with van der Waals surface area (Å²) in [5, 5.41) is 0.485. The number of Topliss-reactive ketones (excluding diaryl/α,β-unsaturated/α-hetero) is 1. The summed E-state index contributed by atoms with van der Waals surface area (Å²) in [5.41, 5.74) is 2.76. The van der Waals surface area contributed by atoms with Crippen LogP contribution < -0.4 is 4.74 Å². The first-order chi connectivity index (χ1) is 9.52. The molecule has 0 aliphatic heterocycles. The van der Waals surface area contributed by atoms with Gasteiger partial charge in [-0.3, -0.25) is 9.78 Å². The molecule has 0 radical (unpaired) electrons. The van der Waals surface area contributed by atoms with Crippen LogP contribution in [0.15, 0.2) is 24.5 Å². The number of halogens is 1. The number of carbonyl (C=O) groups is 1. The number of hydrogen-bond acceptors (Lipinski definition) is 3. The minimum atomic E-state index is -0.0437. The molecule has 0 saturated carbocycles. The highest BCUT2D eigenvalue weighted by Gasteiger charge is 2.15. The molecule has 2 aromatic heterocycles. The molecule has 0 atom stereocenters. The first kappa shape index (κ1) is 14.6. The second-order valence-corrected chi connectivity index (χ2v) is 5.02. The molecule has 0 N–H and O–H groups in total. The molecule has 0 fully saturated rings. The van der Waals surface area contributed by atoms with Gasteiger partial charge in [-0.15, -0.1) is 0 Å². The summed E-state index contributed by atoms with van der Waals surface area (Å²) >= 11 is 5.81. The van der Waals surface area contributed by atoms with Crippen molar-refractivity contribution < 1.29 is 9.53 Å². The fourth-order valence-electron chi connectivity index (χ4n) is 2.27. The Hall–Kier alpha value is -1.81. The highest BCUT2D eigenvalue weighted by Crippen LogP contribution is 2.18. The lowest BCUT2D eigenvalue weighted by Gasteiger charge is -2.07. The van der Waals surface area contributed by atoms with Crippen molar-refractivity contribution in [2.45, 2.75) is 27.3 Å². The van der Waals surface area contributed by atoms with E-state index in [4.69, 9.17) is 16.3 Å². The molecule has 0 bridgehead atoms.